The number of hydrogen-bond donors (Lipinski definition) is 2. The largest absolute Gasteiger partial charge is 0.462 e. The Hall–Kier alpha value is -1.30. The Morgan fingerprint density at radius 2 is 0.592 bits per heavy atom. The van der Waals surface area contributed by atoms with Crippen molar-refractivity contribution in [2.24, 2.45) is 0 Å². The molecule has 0 aromatic heterocycles. The minimum absolute atomic E-state index is 0.0276. The van der Waals surface area contributed by atoms with E-state index in [-0.39, 0.29) is 37.4 Å². The number of aliphatic hydroxyl groups excluding tert-OH is 2. The van der Waals surface area contributed by atoms with Gasteiger partial charge in [-0.1, -0.05) is 207 Å². The fraction of sp³-hybridized carbons (Fsp3) is 0.970. The minimum atomic E-state index is -0.0276. The van der Waals surface area contributed by atoms with E-state index in [4.69, 9.17) is 9.47 Å². The van der Waals surface area contributed by atoms with Gasteiger partial charge in [0.25, 0.3) is 0 Å². The van der Waals surface area contributed by atoms with Crippen LogP contribution in [0.25, 0.3) is 0 Å². The van der Waals surface area contributed by atoms with Crippen LogP contribution in [0, 0.1) is 0 Å². The third kappa shape index (κ3) is 47.5. The zero-order valence-corrected chi connectivity index (χ0v) is 51.5. The van der Waals surface area contributed by atoms with Crippen LogP contribution in [0.3, 0.4) is 0 Å². The summed E-state index contributed by atoms with van der Waals surface area (Å²) in [4.78, 5) is 36.9. The Balaban J connectivity index is 2.57. The van der Waals surface area contributed by atoms with Crippen LogP contribution in [-0.4, -0.2) is 146 Å². The van der Waals surface area contributed by atoms with Gasteiger partial charge in [-0.15, -0.1) is 0 Å². The Morgan fingerprint density at radius 3 is 0.855 bits per heavy atom. The average Bonchev–Trinajstić information content (AvgIpc) is 3.42. The summed E-state index contributed by atoms with van der Waals surface area (Å²) in [6.07, 6.45) is 52.3. The van der Waals surface area contributed by atoms with E-state index in [1.165, 1.54) is 180 Å². The molecule has 10 heteroatoms. The molecule has 1 aliphatic heterocycles. The summed E-state index contributed by atoms with van der Waals surface area (Å²) >= 11 is 0. The third-order valence-corrected chi connectivity index (χ3v) is 16.5. The summed E-state index contributed by atoms with van der Waals surface area (Å²) in [5, 5.41) is 19.1. The standard InChI is InChI=1S/C66H132N4O6/c1-5-9-13-17-21-23-27-31-35-45-63(43-33-29-25-19-15-11-7-3)75-65(73)47-55-67(49-37-39-61-71)51-41-53-69-57-59-70(60-58-69)54-42-52-68(50-38-40-62-72)56-48-66(74)76-64(44-34-30-26-20-16-12-8-4)46-36-32-28-24-22-18-14-10-6-2/h63-64,71-72H,5-62H2,1-4H3. The van der Waals surface area contributed by atoms with E-state index in [0.717, 1.165) is 168 Å². The van der Waals surface area contributed by atoms with Crippen molar-refractivity contribution in [3.05, 3.63) is 0 Å². The molecule has 0 aliphatic carbocycles. The van der Waals surface area contributed by atoms with Gasteiger partial charge in [-0.25, -0.2) is 0 Å². The molecular weight excluding hydrogens is 945 g/mol. The van der Waals surface area contributed by atoms with Crippen molar-refractivity contribution in [1.29, 1.82) is 0 Å². The van der Waals surface area contributed by atoms with Crippen LogP contribution < -0.4 is 0 Å². The van der Waals surface area contributed by atoms with Gasteiger partial charge in [0.05, 0.1) is 12.8 Å². The van der Waals surface area contributed by atoms with Gasteiger partial charge in [0.15, 0.2) is 0 Å². The van der Waals surface area contributed by atoms with Gasteiger partial charge in [0.2, 0.25) is 0 Å². The van der Waals surface area contributed by atoms with Crippen LogP contribution in [0.2, 0.25) is 0 Å². The summed E-state index contributed by atoms with van der Waals surface area (Å²) in [6.45, 7) is 21.3. The molecule has 0 spiro atoms. The Kier molecular flexibility index (Phi) is 54.5. The van der Waals surface area contributed by atoms with Crippen LogP contribution in [0.15, 0.2) is 0 Å². The van der Waals surface area contributed by atoms with E-state index in [0.29, 0.717) is 12.8 Å². The second kappa shape index (κ2) is 57.0. The van der Waals surface area contributed by atoms with Gasteiger partial charge in [-0.05, 0) is 129 Å². The van der Waals surface area contributed by atoms with Crippen LogP contribution in [0.4, 0.5) is 0 Å². The average molecular weight is 1080 g/mol. The highest BCUT2D eigenvalue weighted by atomic mass is 16.5. The predicted molar refractivity (Wildman–Crippen MR) is 326 cm³/mol. The maximum Gasteiger partial charge on any atom is 0.307 e. The van der Waals surface area contributed by atoms with Crippen LogP contribution in [0.5, 0.6) is 0 Å². The molecule has 0 saturated carbocycles. The number of esters is 2. The Bertz CT molecular complexity index is 1110. The highest BCUT2D eigenvalue weighted by molar-refractivity contribution is 5.70. The van der Waals surface area contributed by atoms with Crippen LogP contribution >= 0.6 is 0 Å². The lowest BCUT2D eigenvalue weighted by Crippen LogP contribution is -2.47. The fourth-order valence-corrected chi connectivity index (χ4v) is 11.4. The van der Waals surface area contributed by atoms with Gasteiger partial charge in [0, 0.05) is 52.5 Å². The molecule has 10 nitrogen and oxygen atoms in total. The molecule has 2 N–H and O–H groups in total. The van der Waals surface area contributed by atoms with Gasteiger partial charge in [-0.3, -0.25) is 9.59 Å². The fourth-order valence-electron chi connectivity index (χ4n) is 11.4. The number of piperazine rings is 1. The number of carbonyl (C=O) groups is 2. The minimum Gasteiger partial charge on any atom is -0.462 e. The zero-order valence-electron chi connectivity index (χ0n) is 51.5. The van der Waals surface area contributed by atoms with Crippen molar-refractivity contribution >= 4 is 11.9 Å². The van der Waals surface area contributed by atoms with Crippen molar-refractivity contribution in [3.8, 4) is 0 Å². The van der Waals surface area contributed by atoms with Crippen molar-refractivity contribution in [2.75, 3.05) is 91.8 Å². The number of unbranched alkanes of at least 4 members (excludes halogenated alkanes) is 30. The smallest absolute Gasteiger partial charge is 0.307 e. The zero-order chi connectivity index (χ0) is 55.0. The van der Waals surface area contributed by atoms with E-state index in [2.05, 4.69) is 47.3 Å². The molecule has 1 rings (SSSR count). The summed E-state index contributed by atoms with van der Waals surface area (Å²) in [6, 6.07) is 0. The molecule has 1 aliphatic rings. The quantitative estimate of drug-likeness (QED) is 0.0452. The molecule has 0 bridgehead atoms. The van der Waals surface area contributed by atoms with E-state index < -0.39 is 0 Å². The number of aliphatic hydroxyl groups is 2. The van der Waals surface area contributed by atoms with Gasteiger partial charge in [-0.2, -0.15) is 0 Å². The number of ether oxygens (including phenoxy) is 2. The summed E-state index contributed by atoms with van der Waals surface area (Å²) in [5.74, 6) is -0.0551. The molecule has 76 heavy (non-hydrogen) atoms. The first-order chi connectivity index (χ1) is 37.4. The Labute approximate surface area is 473 Å². The van der Waals surface area contributed by atoms with Crippen molar-refractivity contribution in [1.82, 2.24) is 19.6 Å². The molecule has 1 saturated heterocycles. The normalized spacial score (nSPS) is 14.3. The van der Waals surface area contributed by atoms with Gasteiger partial charge < -0.3 is 39.3 Å². The van der Waals surface area contributed by atoms with Gasteiger partial charge in [0.1, 0.15) is 12.2 Å². The number of rotatable bonds is 60. The van der Waals surface area contributed by atoms with E-state index in [1.807, 2.05) is 0 Å². The maximum absolute atomic E-state index is 13.4. The maximum atomic E-state index is 13.4. The van der Waals surface area contributed by atoms with Crippen LogP contribution in [-0.2, 0) is 19.1 Å². The molecule has 0 aromatic carbocycles. The second-order valence-electron chi connectivity index (χ2n) is 23.7. The topological polar surface area (TPSA) is 106 Å². The third-order valence-electron chi connectivity index (χ3n) is 16.5. The van der Waals surface area contributed by atoms with Crippen molar-refractivity contribution < 1.29 is 29.3 Å². The first-order valence-corrected chi connectivity index (χ1v) is 33.9. The molecule has 0 amide bonds. The lowest BCUT2D eigenvalue weighted by molar-refractivity contribution is -0.151. The molecule has 2 unspecified atom stereocenters. The molecule has 2 atom stereocenters. The molecular formula is C66H132N4O6. The van der Waals surface area contributed by atoms with E-state index >= 15 is 0 Å². The summed E-state index contributed by atoms with van der Waals surface area (Å²) < 4.78 is 12.5. The number of carbonyl (C=O) groups excluding carboxylic acids is 2. The summed E-state index contributed by atoms with van der Waals surface area (Å²) in [5.41, 5.74) is 0. The lowest BCUT2D eigenvalue weighted by atomic mass is 10.0. The molecule has 0 aromatic rings. The van der Waals surface area contributed by atoms with Gasteiger partial charge >= 0.3 is 11.9 Å². The number of nitrogens with zero attached hydrogens (tertiary/aromatic N) is 4. The number of hydrogen-bond acceptors (Lipinski definition) is 10. The highest BCUT2D eigenvalue weighted by Crippen LogP contribution is 2.21. The molecule has 452 valence electrons. The molecule has 1 heterocycles. The monoisotopic (exact) mass is 1080 g/mol. The van der Waals surface area contributed by atoms with Crippen molar-refractivity contribution in [3.63, 3.8) is 0 Å². The summed E-state index contributed by atoms with van der Waals surface area (Å²) in [7, 11) is 0. The molecule has 0 radical (unpaired) electrons. The Morgan fingerprint density at radius 1 is 0.342 bits per heavy atom. The van der Waals surface area contributed by atoms with E-state index in [1.54, 1.807) is 0 Å². The SMILES string of the molecule is CCCCCCCCCCCC(CCCCCCCCC)OC(=O)CCN(CCCCO)CCCN1CCN(CCCN(CCCCO)CCC(=O)OC(CCCCCCCCC)CCCCCCCCCCC)CC1. The lowest BCUT2D eigenvalue weighted by Gasteiger charge is -2.35. The predicted octanol–water partition coefficient (Wildman–Crippen LogP) is 16.3. The first-order valence-electron chi connectivity index (χ1n) is 33.9. The molecule has 1 fully saturated rings. The second-order valence-corrected chi connectivity index (χ2v) is 23.7. The first kappa shape index (κ1) is 72.7. The van der Waals surface area contributed by atoms with Crippen LogP contribution in [0.1, 0.15) is 310 Å². The van der Waals surface area contributed by atoms with Crippen molar-refractivity contribution in [2.45, 2.75) is 322 Å². The van der Waals surface area contributed by atoms with E-state index in [9.17, 15) is 19.8 Å². The highest BCUT2D eigenvalue weighted by Gasteiger charge is 2.20.